The molecule has 2 rings (SSSR count). The van der Waals surface area contributed by atoms with Crippen LogP contribution in [0.1, 0.15) is 37.1 Å². The average Bonchev–Trinajstić information content (AvgIpc) is 2.40. The van der Waals surface area contributed by atoms with Crippen LogP contribution in [0.3, 0.4) is 0 Å². The van der Waals surface area contributed by atoms with E-state index in [1.807, 2.05) is 36.4 Å². The molecule has 2 aromatic rings. The Hall–Kier alpha value is -1.51. The Morgan fingerprint density at radius 3 is 2.05 bits per heavy atom. The first-order valence-corrected chi connectivity index (χ1v) is 6.27. The lowest BCUT2D eigenvalue weighted by atomic mass is 10.0. The van der Waals surface area contributed by atoms with Crippen LogP contribution in [0, 0.1) is 0 Å². The smallest absolute Gasteiger partial charge is 0.120 e. The zero-order chi connectivity index (χ0) is 13.0. The summed E-state index contributed by atoms with van der Waals surface area (Å²) in [5, 5.41) is 13.3. The van der Waals surface area contributed by atoms with E-state index >= 15 is 0 Å². The standard InChI is InChI=1S/C16H19NO.ClH/c1-12(14-8-4-3-5-9-14)17-13(2)15-10-6-7-11-16(15)18;/h3-13,17-18H,1-2H3;1H/t12-,13-;/m1./s1. The van der Waals surface area contributed by atoms with Crippen molar-refractivity contribution in [1.29, 1.82) is 0 Å². The van der Waals surface area contributed by atoms with E-state index in [0.717, 1.165) is 5.56 Å². The molecule has 0 heterocycles. The molecule has 0 aliphatic carbocycles. The fourth-order valence-corrected chi connectivity index (χ4v) is 2.16. The van der Waals surface area contributed by atoms with Crippen molar-refractivity contribution in [2.24, 2.45) is 0 Å². The fraction of sp³-hybridized carbons (Fsp3) is 0.250. The van der Waals surface area contributed by atoms with Gasteiger partial charge in [-0.15, -0.1) is 12.4 Å². The molecule has 2 nitrogen and oxygen atoms in total. The summed E-state index contributed by atoms with van der Waals surface area (Å²) in [6, 6.07) is 18.1. The fourth-order valence-electron chi connectivity index (χ4n) is 2.16. The Morgan fingerprint density at radius 1 is 0.842 bits per heavy atom. The Morgan fingerprint density at radius 2 is 1.42 bits per heavy atom. The summed E-state index contributed by atoms with van der Waals surface area (Å²) in [5.74, 6) is 0.345. The molecular weight excluding hydrogens is 258 g/mol. The van der Waals surface area contributed by atoms with Crippen molar-refractivity contribution in [3.63, 3.8) is 0 Å². The van der Waals surface area contributed by atoms with Crippen molar-refractivity contribution in [2.75, 3.05) is 0 Å². The highest BCUT2D eigenvalue weighted by atomic mass is 35.5. The van der Waals surface area contributed by atoms with Crippen LogP contribution in [0.5, 0.6) is 5.75 Å². The van der Waals surface area contributed by atoms with Crippen LogP contribution in [0.25, 0.3) is 0 Å². The lowest BCUT2D eigenvalue weighted by Gasteiger charge is -2.21. The largest absolute Gasteiger partial charge is 0.508 e. The molecule has 0 aliphatic heterocycles. The normalized spacial score (nSPS) is 13.4. The van der Waals surface area contributed by atoms with Gasteiger partial charge in [0.05, 0.1) is 0 Å². The van der Waals surface area contributed by atoms with Crippen molar-refractivity contribution in [2.45, 2.75) is 25.9 Å². The third-order valence-corrected chi connectivity index (χ3v) is 3.20. The van der Waals surface area contributed by atoms with Gasteiger partial charge >= 0.3 is 0 Å². The second kappa shape index (κ2) is 7.17. The summed E-state index contributed by atoms with van der Waals surface area (Å²) in [4.78, 5) is 0. The first-order chi connectivity index (χ1) is 8.68. The summed E-state index contributed by atoms with van der Waals surface area (Å²) in [6.45, 7) is 4.19. The molecule has 0 aromatic heterocycles. The molecule has 2 N–H and O–H groups in total. The number of nitrogens with one attached hydrogen (secondary N) is 1. The number of aromatic hydroxyl groups is 1. The number of phenols is 1. The summed E-state index contributed by atoms with van der Waals surface area (Å²) < 4.78 is 0. The van der Waals surface area contributed by atoms with Gasteiger partial charge in [-0.3, -0.25) is 0 Å². The van der Waals surface area contributed by atoms with Gasteiger partial charge in [-0.2, -0.15) is 0 Å². The van der Waals surface area contributed by atoms with Crippen molar-refractivity contribution >= 4 is 12.4 Å². The Bertz CT molecular complexity index is 501. The molecule has 19 heavy (non-hydrogen) atoms. The molecule has 0 aliphatic rings. The predicted molar refractivity (Wildman–Crippen MR) is 81.8 cm³/mol. The summed E-state index contributed by atoms with van der Waals surface area (Å²) in [6.07, 6.45) is 0. The van der Waals surface area contributed by atoms with E-state index < -0.39 is 0 Å². The van der Waals surface area contributed by atoms with Crippen molar-refractivity contribution in [3.05, 3.63) is 65.7 Å². The topological polar surface area (TPSA) is 32.3 Å². The first kappa shape index (κ1) is 15.5. The molecule has 0 bridgehead atoms. The average molecular weight is 278 g/mol. The van der Waals surface area contributed by atoms with E-state index in [1.54, 1.807) is 6.07 Å². The summed E-state index contributed by atoms with van der Waals surface area (Å²) >= 11 is 0. The molecule has 2 aromatic carbocycles. The maximum atomic E-state index is 9.82. The third kappa shape index (κ3) is 3.98. The molecule has 0 fully saturated rings. The number of benzene rings is 2. The van der Waals surface area contributed by atoms with Crippen molar-refractivity contribution in [1.82, 2.24) is 5.32 Å². The predicted octanol–water partition coefficient (Wildman–Crippen LogP) is 4.23. The SMILES string of the molecule is C[C@@H](N[C@H](C)c1ccccc1O)c1ccccc1.Cl. The van der Waals surface area contributed by atoms with E-state index in [1.165, 1.54) is 5.56 Å². The number of hydrogen-bond donors (Lipinski definition) is 2. The lowest BCUT2D eigenvalue weighted by Crippen LogP contribution is -2.22. The van der Waals surface area contributed by atoms with Gasteiger partial charge in [0.1, 0.15) is 5.75 Å². The number of phenolic OH excluding ortho intramolecular Hbond substituents is 1. The van der Waals surface area contributed by atoms with Gasteiger partial charge in [0.15, 0.2) is 0 Å². The van der Waals surface area contributed by atoms with E-state index in [-0.39, 0.29) is 24.5 Å². The van der Waals surface area contributed by atoms with E-state index in [2.05, 4.69) is 31.3 Å². The van der Waals surface area contributed by atoms with E-state index in [9.17, 15) is 5.11 Å². The molecule has 0 saturated carbocycles. The van der Waals surface area contributed by atoms with Gasteiger partial charge < -0.3 is 10.4 Å². The van der Waals surface area contributed by atoms with Gasteiger partial charge in [0.2, 0.25) is 0 Å². The van der Waals surface area contributed by atoms with Crippen molar-refractivity contribution < 1.29 is 5.11 Å². The van der Waals surface area contributed by atoms with Gasteiger partial charge in [-0.25, -0.2) is 0 Å². The third-order valence-electron chi connectivity index (χ3n) is 3.20. The maximum absolute atomic E-state index is 9.82. The molecule has 2 atom stereocenters. The van der Waals surface area contributed by atoms with Crippen LogP contribution in [-0.4, -0.2) is 5.11 Å². The number of hydrogen-bond acceptors (Lipinski definition) is 2. The molecular formula is C16H20ClNO. The van der Waals surface area contributed by atoms with Crippen LogP contribution in [0.15, 0.2) is 54.6 Å². The highest BCUT2D eigenvalue weighted by Crippen LogP contribution is 2.25. The second-order valence-corrected chi connectivity index (χ2v) is 4.58. The van der Waals surface area contributed by atoms with Crippen LogP contribution in [0.4, 0.5) is 0 Å². The molecule has 3 heteroatoms. The van der Waals surface area contributed by atoms with Crippen LogP contribution >= 0.6 is 12.4 Å². The number of rotatable bonds is 4. The minimum Gasteiger partial charge on any atom is -0.508 e. The number of halogens is 1. The van der Waals surface area contributed by atoms with Gasteiger partial charge in [0, 0.05) is 17.6 Å². The van der Waals surface area contributed by atoms with Crippen LogP contribution < -0.4 is 5.32 Å². The Balaban J connectivity index is 0.00000180. The summed E-state index contributed by atoms with van der Waals surface area (Å²) in [7, 11) is 0. The second-order valence-electron chi connectivity index (χ2n) is 4.58. The molecule has 0 amide bonds. The van der Waals surface area contributed by atoms with Crippen molar-refractivity contribution in [3.8, 4) is 5.75 Å². The first-order valence-electron chi connectivity index (χ1n) is 6.27. The van der Waals surface area contributed by atoms with Crippen LogP contribution in [0.2, 0.25) is 0 Å². The zero-order valence-electron chi connectivity index (χ0n) is 11.2. The minimum atomic E-state index is 0. The quantitative estimate of drug-likeness (QED) is 0.877. The van der Waals surface area contributed by atoms with E-state index in [4.69, 9.17) is 0 Å². The Labute approximate surface area is 120 Å². The maximum Gasteiger partial charge on any atom is 0.120 e. The van der Waals surface area contributed by atoms with E-state index in [0.29, 0.717) is 5.75 Å². The monoisotopic (exact) mass is 277 g/mol. The molecule has 102 valence electrons. The highest BCUT2D eigenvalue weighted by molar-refractivity contribution is 5.85. The molecule has 0 radical (unpaired) electrons. The molecule has 0 spiro atoms. The lowest BCUT2D eigenvalue weighted by molar-refractivity contribution is 0.438. The van der Waals surface area contributed by atoms with Gasteiger partial charge in [0.25, 0.3) is 0 Å². The minimum absolute atomic E-state index is 0. The molecule has 0 unspecified atom stereocenters. The number of para-hydroxylation sites is 1. The summed E-state index contributed by atoms with van der Waals surface area (Å²) in [5.41, 5.74) is 2.18. The highest BCUT2D eigenvalue weighted by Gasteiger charge is 2.13. The van der Waals surface area contributed by atoms with Gasteiger partial charge in [-0.05, 0) is 25.5 Å². The van der Waals surface area contributed by atoms with Gasteiger partial charge in [-0.1, -0.05) is 48.5 Å². The molecule has 0 saturated heterocycles. The Kier molecular flexibility index (Phi) is 5.87. The zero-order valence-corrected chi connectivity index (χ0v) is 12.0. The van der Waals surface area contributed by atoms with Crippen LogP contribution in [-0.2, 0) is 0 Å².